The number of anilines is 1. The van der Waals surface area contributed by atoms with E-state index in [0.717, 1.165) is 31.4 Å². The Morgan fingerprint density at radius 2 is 2.17 bits per heavy atom. The molecule has 1 saturated carbocycles. The van der Waals surface area contributed by atoms with Gasteiger partial charge in [-0.2, -0.15) is 0 Å². The second-order valence-corrected chi connectivity index (χ2v) is 6.53. The molecule has 0 bridgehead atoms. The number of carbonyl (C=O) groups is 1. The third-order valence-corrected chi connectivity index (χ3v) is 5.10. The number of rotatable bonds is 1. The monoisotopic (exact) mass is 327 g/mol. The number of amides is 1. The molecule has 7 heteroatoms. The van der Waals surface area contributed by atoms with E-state index in [0.29, 0.717) is 11.3 Å². The SMILES string of the molecule is CC(=O)N1C(c2cnccn2)c2c(c[nH]c2O)NC2CCCCC21. The molecule has 3 heterocycles. The molecular weight excluding hydrogens is 306 g/mol. The molecule has 0 radical (unpaired) electrons. The van der Waals surface area contributed by atoms with E-state index >= 15 is 0 Å². The summed E-state index contributed by atoms with van der Waals surface area (Å²) in [7, 11) is 0. The van der Waals surface area contributed by atoms with Crippen molar-refractivity contribution in [3.05, 3.63) is 36.0 Å². The Morgan fingerprint density at radius 3 is 2.92 bits per heavy atom. The van der Waals surface area contributed by atoms with Crippen LogP contribution in [0.25, 0.3) is 0 Å². The first kappa shape index (κ1) is 15.0. The van der Waals surface area contributed by atoms with Crippen molar-refractivity contribution in [2.75, 3.05) is 5.32 Å². The summed E-state index contributed by atoms with van der Waals surface area (Å²) in [6.45, 7) is 1.59. The van der Waals surface area contributed by atoms with Crippen molar-refractivity contribution in [2.45, 2.75) is 50.7 Å². The number of nitrogens with zero attached hydrogens (tertiary/aromatic N) is 3. The molecule has 7 nitrogen and oxygen atoms in total. The number of H-pyrrole nitrogens is 1. The van der Waals surface area contributed by atoms with Gasteiger partial charge in [-0.25, -0.2) is 0 Å². The highest BCUT2D eigenvalue weighted by Crippen LogP contribution is 2.44. The lowest BCUT2D eigenvalue weighted by Crippen LogP contribution is -2.50. The van der Waals surface area contributed by atoms with Gasteiger partial charge in [-0.05, 0) is 12.8 Å². The second kappa shape index (κ2) is 5.81. The minimum atomic E-state index is -0.446. The first-order valence-corrected chi connectivity index (χ1v) is 8.38. The van der Waals surface area contributed by atoms with Gasteiger partial charge in [-0.3, -0.25) is 14.8 Å². The Morgan fingerprint density at radius 1 is 1.33 bits per heavy atom. The van der Waals surface area contributed by atoms with Gasteiger partial charge in [0, 0.05) is 31.6 Å². The van der Waals surface area contributed by atoms with Crippen LogP contribution in [0.3, 0.4) is 0 Å². The van der Waals surface area contributed by atoms with Crippen LogP contribution in [0.2, 0.25) is 0 Å². The van der Waals surface area contributed by atoms with E-state index in [1.807, 2.05) is 4.90 Å². The third-order valence-electron chi connectivity index (χ3n) is 5.10. The Balaban J connectivity index is 1.91. The van der Waals surface area contributed by atoms with E-state index in [1.54, 1.807) is 31.7 Å². The number of hydrogen-bond acceptors (Lipinski definition) is 5. The number of fused-ring (bicyclic) bond motifs is 2. The van der Waals surface area contributed by atoms with E-state index in [-0.39, 0.29) is 23.9 Å². The molecule has 0 saturated heterocycles. The molecule has 2 aliphatic rings. The summed E-state index contributed by atoms with van der Waals surface area (Å²) in [5.41, 5.74) is 2.17. The molecule has 2 aromatic heterocycles. The van der Waals surface area contributed by atoms with Gasteiger partial charge < -0.3 is 20.3 Å². The van der Waals surface area contributed by atoms with Crippen LogP contribution in [0.15, 0.2) is 24.8 Å². The fourth-order valence-electron chi connectivity index (χ4n) is 4.12. The summed E-state index contributed by atoms with van der Waals surface area (Å²) in [5.74, 6) is 0.0517. The van der Waals surface area contributed by atoms with Crippen molar-refractivity contribution in [3.8, 4) is 5.88 Å². The summed E-state index contributed by atoms with van der Waals surface area (Å²) in [6, 6.07) is -0.189. The van der Waals surface area contributed by atoms with Gasteiger partial charge in [0.1, 0.15) is 6.04 Å². The van der Waals surface area contributed by atoms with E-state index in [4.69, 9.17) is 0 Å². The quantitative estimate of drug-likeness (QED) is 0.746. The maximum atomic E-state index is 12.6. The molecule has 1 aliphatic carbocycles. The molecule has 3 unspecified atom stereocenters. The lowest BCUT2D eigenvalue weighted by molar-refractivity contribution is -0.134. The van der Waals surface area contributed by atoms with Crippen molar-refractivity contribution in [1.82, 2.24) is 19.9 Å². The van der Waals surface area contributed by atoms with Crippen molar-refractivity contribution in [2.24, 2.45) is 0 Å². The van der Waals surface area contributed by atoms with Gasteiger partial charge in [-0.1, -0.05) is 12.8 Å². The highest BCUT2D eigenvalue weighted by Gasteiger charge is 2.43. The number of aromatic nitrogens is 3. The molecule has 0 aromatic carbocycles. The standard InChI is InChI=1S/C17H21N5O2/c1-10(23)22-14-5-3-2-4-11(14)21-12-9-20-17(24)15(12)16(22)13-8-18-6-7-19-13/h6-9,11,14,16,20-21,24H,2-5H2,1H3. The summed E-state index contributed by atoms with van der Waals surface area (Å²) < 4.78 is 0. The Bertz CT molecular complexity index is 745. The molecule has 1 fully saturated rings. The predicted octanol–water partition coefficient (Wildman–Crippen LogP) is 2.18. The van der Waals surface area contributed by atoms with Crippen LogP contribution in [0.1, 0.15) is 49.9 Å². The van der Waals surface area contributed by atoms with E-state index in [9.17, 15) is 9.90 Å². The van der Waals surface area contributed by atoms with Gasteiger partial charge in [-0.15, -0.1) is 0 Å². The zero-order valence-electron chi connectivity index (χ0n) is 13.6. The van der Waals surface area contributed by atoms with Gasteiger partial charge >= 0.3 is 0 Å². The largest absolute Gasteiger partial charge is 0.494 e. The van der Waals surface area contributed by atoms with Crippen LogP contribution in [0.5, 0.6) is 5.88 Å². The molecular formula is C17H21N5O2. The van der Waals surface area contributed by atoms with Crippen molar-refractivity contribution >= 4 is 11.6 Å². The summed E-state index contributed by atoms with van der Waals surface area (Å²) in [6.07, 6.45) is 10.9. The summed E-state index contributed by atoms with van der Waals surface area (Å²) >= 11 is 0. The maximum Gasteiger partial charge on any atom is 0.220 e. The minimum Gasteiger partial charge on any atom is -0.494 e. The predicted molar refractivity (Wildman–Crippen MR) is 88.5 cm³/mol. The number of nitrogens with one attached hydrogen (secondary N) is 2. The second-order valence-electron chi connectivity index (χ2n) is 6.53. The van der Waals surface area contributed by atoms with E-state index in [2.05, 4.69) is 20.3 Å². The van der Waals surface area contributed by atoms with Crippen LogP contribution in [0, 0.1) is 0 Å². The smallest absolute Gasteiger partial charge is 0.220 e. The normalized spacial score (nSPS) is 26.0. The zero-order valence-corrected chi connectivity index (χ0v) is 13.6. The van der Waals surface area contributed by atoms with Crippen LogP contribution < -0.4 is 5.32 Å². The minimum absolute atomic E-state index is 0.0159. The average Bonchev–Trinajstić information content (AvgIpc) is 2.87. The van der Waals surface area contributed by atoms with Gasteiger partial charge in [0.05, 0.1) is 29.2 Å². The highest BCUT2D eigenvalue weighted by atomic mass is 16.3. The third kappa shape index (κ3) is 2.31. The molecule has 3 N–H and O–H groups in total. The molecule has 0 spiro atoms. The fourth-order valence-corrected chi connectivity index (χ4v) is 4.12. The number of aromatic amines is 1. The highest BCUT2D eigenvalue weighted by molar-refractivity contribution is 5.77. The van der Waals surface area contributed by atoms with Crippen LogP contribution in [-0.2, 0) is 4.79 Å². The van der Waals surface area contributed by atoms with Crippen molar-refractivity contribution in [3.63, 3.8) is 0 Å². The van der Waals surface area contributed by atoms with Crippen molar-refractivity contribution in [1.29, 1.82) is 0 Å². The lowest BCUT2D eigenvalue weighted by atomic mass is 9.88. The molecule has 3 atom stereocenters. The van der Waals surface area contributed by atoms with Crippen LogP contribution in [-0.4, -0.2) is 42.9 Å². The Labute approximate surface area is 140 Å². The molecule has 1 amide bonds. The first-order valence-electron chi connectivity index (χ1n) is 8.38. The number of hydrogen-bond donors (Lipinski definition) is 3. The summed E-state index contributed by atoms with van der Waals surface area (Å²) in [5, 5.41) is 13.9. The Kier molecular flexibility index (Phi) is 3.63. The van der Waals surface area contributed by atoms with Crippen molar-refractivity contribution < 1.29 is 9.90 Å². The molecule has 126 valence electrons. The first-order chi connectivity index (χ1) is 11.7. The molecule has 4 rings (SSSR count). The van der Waals surface area contributed by atoms with Gasteiger partial charge in [0.15, 0.2) is 5.88 Å². The average molecular weight is 327 g/mol. The van der Waals surface area contributed by atoms with Crippen LogP contribution in [0.4, 0.5) is 5.69 Å². The molecule has 1 aliphatic heterocycles. The van der Waals surface area contributed by atoms with E-state index in [1.165, 1.54) is 0 Å². The Hall–Kier alpha value is -2.57. The summed E-state index contributed by atoms with van der Waals surface area (Å²) in [4.78, 5) is 25.9. The van der Waals surface area contributed by atoms with E-state index < -0.39 is 6.04 Å². The topological polar surface area (TPSA) is 94.1 Å². The molecule has 2 aromatic rings. The maximum absolute atomic E-state index is 12.6. The number of carbonyl (C=O) groups excluding carboxylic acids is 1. The fraction of sp³-hybridized carbons (Fsp3) is 0.471. The van der Waals surface area contributed by atoms with Gasteiger partial charge in [0.2, 0.25) is 5.91 Å². The zero-order chi connectivity index (χ0) is 16.7. The number of aromatic hydroxyl groups is 1. The lowest BCUT2D eigenvalue weighted by Gasteiger charge is -2.41. The van der Waals surface area contributed by atoms with Crippen LogP contribution >= 0.6 is 0 Å². The molecule has 24 heavy (non-hydrogen) atoms. The van der Waals surface area contributed by atoms with Gasteiger partial charge in [0.25, 0.3) is 0 Å².